The molecule has 5 heteroatoms. The van der Waals surface area contributed by atoms with E-state index in [4.69, 9.17) is 5.73 Å². The van der Waals surface area contributed by atoms with Gasteiger partial charge in [0.15, 0.2) is 0 Å². The third kappa shape index (κ3) is 2.01. The predicted octanol–water partition coefficient (Wildman–Crippen LogP) is 1.86. The molecule has 0 unspecified atom stereocenters. The molecule has 3 rings (SSSR count). The fourth-order valence-electron chi connectivity index (χ4n) is 2.63. The van der Waals surface area contributed by atoms with Gasteiger partial charge in [-0.05, 0) is 25.0 Å². The Balaban J connectivity index is 1.79. The quantitative estimate of drug-likeness (QED) is 0.623. The predicted molar refractivity (Wildman–Crippen MR) is 72.4 cm³/mol. The normalized spacial score (nSPS) is 18.3. The number of nitrogens with two attached hydrogens (primary N) is 1. The first-order chi connectivity index (χ1) is 8.66. The molecule has 0 atom stereocenters. The summed E-state index contributed by atoms with van der Waals surface area (Å²) in [4.78, 5) is 0. The number of aliphatic hydroxyl groups is 1. The van der Waals surface area contributed by atoms with Gasteiger partial charge in [0.1, 0.15) is 0 Å². The van der Waals surface area contributed by atoms with E-state index in [1.165, 1.54) is 0 Å². The second-order valence-electron chi connectivity index (χ2n) is 5.18. The van der Waals surface area contributed by atoms with Crippen LogP contribution in [0, 0.1) is 0 Å². The summed E-state index contributed by atoms with van der Waals surface area (Å²) in [7, 11) is 0. The number of nitrogen functional groups attached to an aromatic ring is 1. The van der Waals surface area contributed by atoms with Crippen LogP contribution in [0.2, 0.25) is 0 Å². The third-order valence-electron chi connectivity index (χ3n) is 3.75. The molecule has 96 valence electrons. The van der Waals surface area contributed by atoms with Gasteiger partial charge in [-0.2, -0.15) is 5.10 Å². The van der Waals surface area contributed by atoms with Crippen LogP contribution in [0.5, 0.6) is 0 Å². The van der Waals surface area contributed by atoms with Gasteiger partial charge >= 0.3 is 0 Å². The number of nitrogens with zero attached hydrogens (tertiary/aromatic N) is 1. The van der Waals surface area contributed by atoms with Crippen LogP contribution in [-0.2, 0) is 0 Å². The molecule has 0 saturated heterocycles. The molecule has 18 heavy (non-hydrogen) atoms. The maximum atomic E-state index is 10.3. The number of hydrogen-bond donors (Lipinski definition) is 4. The molecule has 1 heterocycles. The van der Waals surface area contributed by atoms with E-state index in [9.17, 15) is 5.11 Å². The van der Waals surface area contributed by atoms with Gasteiger partial charge in [-0.1, -0.05) is 12.8 Å². The fraction of sp³-hybridized carbons (Fsp3) is 0.462. The number of fused-ring (bicyclic) bond motifs is 1. The molecular formula is C13H18N4O. The lowest BCUT2D eigenvalue weighted by Gasteiger charge is -2.23. The SMILES string of the molecule is Nc1cc2cn[nH]c2cc1NCC1(O)CCCC1. The van der Waals surface area contributed by atoms with Gasteiger partial charge in [0.2, 0.25) is 0 Å². The third-order valence-corrected chi connectivity index (χ3v) is 3.75. The molecule has 1 aromatic heterocycles. The first kappa shape index (κ1) is 11.3. The van der Waals surface area contributed by atoms with Gasteiger partial charge in [-0.3, -0.25) is 5.10 Å². The van der Waals surface area contributed by atoms with E-state index in [2.05, 4.69) is 15.5 Å². The van der Waals surface area contributed by atoms with Crippen molar-refractivity contribution in [3.05, 3.63) is 18.3 Å². The first-order valence-corrected chi connectivity index (χ1v) is 6.35. The van der Waals surface area contributed by atoms with Crippen molar-refractivity contribution in [2.24, 2.45) is 0 Å². The van der Waals surface area contributed by atoms with E-state index in [1.54, 1.807) is 6.20 Å². The lowest BCUT2D eigenvalue weighted by atomic mass is 10.0. The van der Waals surface area contributed by atoms with Crippen molar-refractivity contribution in [3.63, 3.8) is 0 Å². The van der Waals surface area contributed by atoms with Crippen molar-refractivity contribution in [2.45, 2.75) is 31.3 Å². The summed E-state index contributed by atoms with van der Waals surface area (Å²) in [6.45, 7) is 0.552. The highest BCUT2D eigenvalue weighted by atomic mass is 16.3. The van der Waals surface area contributed by atoms with Crippen molar-refractivity contribution in [2.75, 3.05) is 17.6 Å². The van der Waals surface area contributed by atoms with Gasteiger partial charge in [0, 0.05) is 11.9 Å². The zero-order valence-corrected chi connectivity index (χ0v) is 10.2. The van der Waals surface area contributed by atoms with E-state index in [-0.39, 0.29) is 0 Å². The molecule has 1 aliphatic rings. The molecule has 5 nitrogen and oxygen atoms in total. The Labute approximate surface area is 105 Å². The van der Waals surface area contributed by atoms with Gasteiger partial charge in [-0.25, -0.2) is 0 Å². The summed E-state index contributed by atoms with van der Waals surface area (Å²) in [6.07, 6.45) is 5.69. The summed E-state index contributed by atoms with van der Waals surface area (Å²) >= 11 is 0. The maximum Gasteiger partial charge on any atom is 0.0819 e. The highest BCUT2D eigenvalue weighted by molar-refractivity contribution is 5.88. The van der Waals surface area contributed by atoms with Gasteiger partial charge in [-0.15, -0.1) is 0 Å². The average Bonchev–Trinajstić information content (AvgIpc) is 2.95. The Morgan fingerprint density at radius 3 is 2.94 bits per heavy atom. The Bertz CT molecular complexity index is 557. The second kappa shape index (κ2) is 4.17. The van der Waals surface area contributed by atoms with E-state index in [1.807, 2.05) is 12.1 Å². The molecule has 0 bridgehead atoms. The maximum absolute atomic E-state index is 10.3. The van der Waals surface area contributed by atoms with Crippen LogP contribution in [0.1, 0.15) is 25.7 Å². The molecule has 0 radical (unpaired) electrons. The van der Waals surface area contributed by atoms with Crippen LogP contribution in [0.3, 0.4) is 0 Å². The minimum Gasteiger partial charge on any atom is -0.397 e. The molecule has 0 spiro atoms. The van der Waals surface area contributed by atoms with E-state index in [0.29, 0.717) is 12.2 Å². The van der Waals surface area contributed by atoms with Crippen molar-refractivity contribution in [1.82, 2.24) is 10.2 Å². The Morgan fingerprint density at radius 1 is 1.39 bits per heavy atom. The van der Waals surface area contributed by atoms with Crippen molar-refractivity contribution < 1.29 is 5.11 Å². The van der Waals surface area contributed by atoms with Gasteiger partial charge in [0.05, 0.1) is 28.7 Å². The Kier molecular flexibility index (Phi) is 2.63. The standard InChI is InChI=1S/C13H18N4O/c14-10-5-9-7-16-17-11(9)6-12(10)15-8-13(18)3-1-2-4-13/h5-7,15,18H,1-4,8,14H2,(H,16,17). The molecule has 0 amide bonds. The topological polar surface area (TPSA) is 87.0 Å². The number of hydrogen-bond acceptors (Lipinski definition) is 4. The largest absolute Gasteiger partial charge is 0.397 e. The minimum absolute atomic E-state index is 0.552. The monoisotopic (exact) mass is 246 g/mol. The molecular weight excluding hydrogens is 228 g/mol. The Morgan fingerprint density at radius 2 is 2.17 bits per heavy atom. The van der Waals surface area contributed by atoms with E-state index >= 15 is 0 Å². The minimum atomic E-state index is -0.574. The number of nitrogens with one attached hydrogen (secondary N) is 2. The molecule has 0 aliphatic heterocycles. The van der Waals surface area contributed by atoms with Crippen LogP contribution in [0.4, 0.5) is 11.4 Å². The number of rotatable bonds is 3. The molecule has 5 N–H and O–H groups in total. The summed E-state index contributed by atoms with van der Waals surface area (Å²) < 4.78 is 0. The first-order valence-electron chi connectivity index (χ1n) is 6.35. The zero-order chi connectivity index (χ0) is 12.6. The van der Waals surface area contributed by atoms with Crippen molar-refractivity contribution in [1.29, 1.82) is 0 Å². The highest BCUT2D eigenvalue weighted by Crippen LogP contribution is 2.31. The van der Waals surface area contributed by atoms with Crippen molar-refractivity contribution >= 4 is 22.3 Å². The van der Waals surface area contributed by atoms with Crippen LogP contribution < -0.4 is 11.1 Å². The lowest BCUT2D eigenvalue weighted by Crippen LogP contribution is -2.33. The summed E-state index contributed by atoms with van der Waals surface area (Å²) in [5.41, 5.74) is 7.90. The van der Waals surface area contributed by atoms with Gasteiger partial charge < -0.3 is 16.2 Å². The number of H-pyrrole nitrogens is 1. The highest BCUT2D eigenvalue weighted by Gasteiger charge is 2.30. The molecule has 1 aromatic carbocycles. The lowest BCUT2D eigenvalue weighted by molar-refractivity contribution is 0.0615. The van der Waals surface area contributed by atoms with E-state index in [0.717, 1.165) is 42.3 Å². The van der Waals surface area contributed by atoms with Crippen LogP contribution in [0.15, 0.2) is 18.3 Å². The summed E-state index contributed by atoms with van der Waals surface area (Å²) in [6, 6.07) is 3.83. The number of aromatic amines is 1. The summed E-state index contributed by atoms with van der Waals surface area (Å²) in [5, 5.41) is 21.4. The van der Waals surface area contributed by atoms with Crippen LogP contribution in [0.25, 0.3) is 10.9 Å². The molecule has 2 aromatic rings. The molecule has 1 fully saturated rings. The number of aromatic nitrogens is 2. The number of benzene rings is 1. The zero-order valence-electron chi connectivity index (χ0n) is 10.2. The average molecular weight is 246 g/mol. The number of anilines is 2. The smallest absolute Gasteiger partial charge is 0.0819 e. The molecule has 1 saturated carbocycles. The summed E-state index contributed by atoms with van der Waals surface area (Å²) in [5.74, 6) is 0. The van der Waals surface area contributed by atoms with E-state index < -0.39 is 5.60 Å². The second-order valence-corrected chi connectivity index (χ2v) is 5.18. The van der Waals surface area contributed by atoms with Crippen molar-refractivity contribution in [3.8, 4) is 0 Å². The Hall–Kier alpha value is -1.75. The van der Waals surface area contributed by atoms with Crippen LogP contribution in [-0.4, -0.2) is 27.4 Å². The fourth-order valence-corrected chi connectivity index (χ4v) is 2.63. The van der Waals surface area contributed by atoms with Gasteiger partial charge in [0.25, 0.3) is 0 Å². The molecule has 1 aliphatic carbocycles. The van der Waals surface area contributed by atoms with Crippen LogP contribution >= 0.6 is 0 Å².